The van der Waals surface area contributed by atoms with Gasteiger partial charge in [-0.15, -0.1) is 0 Å². The topological polar surface area (TPSA) is 36.9 Å². The fraction of sp³-hybridized carbons (Fsp3) is 0.520. The van der Waals surface area contributed by atoms with Gasteiger partial charge in [0.25, 0.3) is 0 Å². The molecular weight excluding hydrogens is 646 g/mol. The summed E-state index contributed by atoms with van der Waals surface area (Å²) in [7, 11) is -1.87. The Bertz CT molecular complexity index is 863. The lowest BCUT2D eigenvalue weighted by Gasteiger charge is -2.45. The van der Waals surface area contributed by atoms with Crippen LogP contribution in [0.2, 0.25) is 19.6 Å². The van der Waals surface area contributed by atoms with Crippen molar-refractivity contribution in [1.82, 2.24) is 0 Å². The summed E-state index contributed by atoms with van der Waals surface area (Å²) >= 11 is 4.86. The van der Waals surface area contributed by atoms with Gasteiger partial charge in [0.1, 0.15) is 17.8 Å². The lowest BCUT2D eigenvalue weighted by atomic mass is 9.90. The molecule has 0 spiro atoms. The van der Waals surface area contributed by atoms with Gasteiger partial charge in [-0.1, -0.05) is 106 Å². The number of hydrogen-bond donors (Lipinski definition) is 0. The Kier molecular flexibility index (Phi) is 8.38. The summed E-state index contributed by atoms with van der Waals surface area (Å²) in [5.74, 6) is 0. The monoisotopic (exact) mass is 678 g/mol. The summed E-state index contributed by atoms with van der Waals surface area (Å²) in [5.41, 5.74) is 1.74. The van der Waals surface area contributed by atoms with E-state index in [-0.39, 0.29) is 24.4 Å². The number of ether oxygens (including phenoxy) is 3. The minimum absolute atomic E-state index is 0.0475. The van der Waals surface area contributed by atoms with Gasteiger partial charge in [0.05, 0.1) is 12.2 Å². The highest BCUT2D eigenvalue weighted by Gasteiger charge is 2.55. The number of fused-ring (bicyclic) bond motifs is 1. The van der Waals surface area contributed by atoms with Crippen LogP contribution in [-0.2, 0) is 18.6 Å². The van der Waals surface area contributed by atoms with Gasteiger partial charge in [-0.2, -0.15) is 0 Å². The molecule has 2 saturated heterocycles. The summed E-state index contributed by atoms with van der Waals surface area (Å²) < 4.78 is 29.0. The molecule has 4 rings (SSSR count). The van der Waals surface area contributed by atoms with Gasteiger partial charge in [0, 0.05) is 21.7 Å². The summed E-state index contributed by atoms with van der Waals surface area (Å²) in [5, 5.41) is 0. The molecule has 0 N–H and O–H groups in total. The van der Waals surface area contributed by atoms with E-state index < -0.39 is 20.2 Å². The van der Waals surface area contributed by atoms with Crippen molar-refractivity contribution in [3.63, 3.8) is 0 Å². The van der Waals surface area contributed by atoms with Crippen LogP contribution in [-0.4, -0.2) is 41.3 Å². The molecule has 32 heavy (non-hydrogen) atoms. The van der Waals surface area contributed by atoms with Gasteiger partial charge in [0.15, 0.2) is 14.6 Å². The van der Waals surface area contributed by atoms with Crippen molar-refractivity contribution in [2.24, 2.45) is 0 Å². The first-order valence-electron chi connectivity index (χ1n) is 11.2. The zero-order chi connectivity index (χ0) is 22.8. The maximum atomic E-state index is 6.92. The van der Waals surface area contributed by atoms with Crippen molar-refractivity contribution in [1.29, 1.82) is 0 Å². The smallest absolute Gasteiger partial charge is 0.186 e. The lowest BCUT2D eigenvalue weighted by Crippen LogP contribution is -2.53. The van der Waals surface area contributed by atoms with E-state index in [1.54, 1.807) is 0 Å². The Balaban J connectivity index is 1.79. The van der Waals surface area contributed by atoms with Crippen molar-refractivity contribution in [3.8, 4) is 0 Å². The minimum Gasteiger partial charge on any atom is -0.407 e. The van der Waals surface area contributed by atoms with E-state index in [0.717, 1.165) is 32.8 Å². The number of halogens is 2. The predicted octanol–water partition coefficient (Wildman–Crippen LogP) is 6.85. The second-order valence-corrected chi connectivity index (χ2v) is 15.8. The second-order valence-electron chi connectivity index (χ2n) is 9.64. The van der Waals surface area contributed by atoms with Crippen LogP contribution in [0.3, 0.4) is 0 Å². The molecule has 0 unspecified atom stereocenters. The van der Waals surface area contributed by atoms with E-state index in [0.29, 0.717) is 0 Å². The maximum Gasteiger partial charge on any atom is 0.186 e. The Morgan fingerprint density at radius 2 is 1.25 bits per heavy atom. The first kappa shape index (κ1) is 25.1. The minimum atomic E-state index is -1.87. The van der Waals surface area contributed by atoms with Gasteiger partial charge < -0.3 is 18.6 Å². The molecule has 0 radical (unpaired) electrons. The second kappa shape index (κ2) is 10.7. The molecule has 7 heteroatoms. The number of alkyl halides is 2. The Hall–Kier alpha value is -0.0431. The Morgan fingerprint density at radius 3 is 1.72 bits per heavy atom. The van der Waals surface area contributed by atoms with E-state index in [4.69, 9.17) is 18.6 Å². The van der Waals surface area contributed by atoms with Crippen LogP contribution in [0.4, 0.5) is 0 Å². The third kappa shape index (κ3) is 5.77. The summed E-state index contributed by atoms with van der Waals surface area (Å²) in [6, 6.07) is 20.8. The molecular formula is C25H32I2O4Si. The Morgan fingerprint density at radius 1 is 0.781 bits per heavy atom. The van der Waals surface area contributed by atoms with Gasteiger partial charge >= 0.3 is 0 Å². The Labute approximate surface area is 220 Å². The maximum absolute atomic E-state index is 6.92. The average molecular weight is 678 g/mol. The van der Waals surface area contributed by atoms with Crippen LogP contribution in [0.1, 0.15) is 36.2 Å². The van der Waals surface area contributed by atoms with Crippen LogP contribution < -0.4 is 0 Å². The van der Waals surface area contributed by atoms with Crippen molar-refractivity contribution < 1.29 is 18.6 Å². The zero-order valence-corrected chi connectivity index (χ0v) is 24.2. The molecule has 174 valence electrons. The third-order valence-corrected chi connectivity index (χ3v) is 8.87. The number of hydrogen-bond acceptors (Lipinski definition) is 4. The molecule has 0 aliphatic carbocycles. The van der Waals surface area contributed by atoms with E-state index in [1.807, 2.05) is 12.1 Å². The van der Waals surface area contributed by atoms with Crippen LogP contribution in [0.15, 0.2) is 60.7 Å². The van der Waals surface area contributed by atoms with Crippen molar-refractivity contribution in [3.05, 3.63) is 71.8 Å². The fourth-order valence-electron chi connectivity index (χ4n) is 4.80. The molecule has 2 fully saturated rings. The predicted molar refractivity (Wildman–Crippen MR) is 147 cm³/mol. The molecule has 2 heterocycles. The molecule has 0 aromatic heterocycles. The van der Waals surface area contributed by atoms with Gasteiger partial charge in [0.2, 0.25) is 0 Å². The van der Waals surface area contributed by atoms with Crippen molar-refractivity contribution >= 4 is 53.5 Å². The van der Waals surface area contributed by atoms with Gasteiger partial charge in [-0.25, -0.2) is 0 Å². The number of benzene rings is 2. The molecule has 0 saturated carbocycles. The highest BCUT2D eigenvalue weighted by Crippen LogP contribution is 2.49. The third-order valence-electron chi connectivity index (χ3n) is 5.89. The van der Waals surface area contributed by atoms with Gasteiger partial charge in [-0.3, -0.25) is 0 Å². The quantitative estimate of drug-likeness (QED) is 0.191. The molecule has 2 aromatic rings. The molecule has 4 nitrogen and oxygen atoms in total. The standard InChI is InChI=1S/C25H32I2O4Si/c1-32(2,3)31-25-14-20(16-26)28-22(18-10-6-4-7-11-18)23(19-12-8-5-9-13-19)30-24(25)29-21(15-25)17-27/h4-13,20-24H,14-17H2,1-3H3/t20-,21+,22+,23+,24+,25-/m0/s1. The molecule has 0 bridgehead atoms. The van der Waals surface area contributed by atoms with E-state index in [2.05, 4.69) is 113 Å². The van der Waals surface area contributed by atoms with Crippen LogP contribution >= 0.6 is 45.2 Å². The largest absolute Gasteiger partial charge is 0.407 e. The highest BCUT2D eigenvalue weighted by atomic mass is 127. The van der Waals surface area contributed by atoms with Crippen LogP contribution in [0.5, 0.6) is 0 Å². The number of rotatable bonds is 6. The van der Waals surface area contributed by atoms with Crippen molar-refractivity contribution in [2.45, 2.75) is 68.8 Å². The summed E-state index contributed by atoms with van der Waals surface area (Å²) in [6.07, 6.45) is 0.877. The molecule has 6 atom stereocenters. The molecule has 2 aliphatic heterocycles. The van der Waals surface area contributed by atoms with Crippen molar-refractivity contribution in [2.75, 3.05) is 8.86 Å². The van der Waals surface area contributed by atoms with E-state index >= 15 is 0 Å². The first-order chi connectivity index (χ1) is 15.3. The van der Waals surface area contributed by atoms with Gasteiger partial charge in [-0.05, 0) is 30.8 Å². The van der Waals surface area contributed by atoms with Crippen LogP contribution in [0, 0.1) is 0 Å². The fourth-order valence-corrected chi connectivity index (χ4v) is 7.32. The molecule has 0 amide bonds. The summed E-state index contributed by atoms with van der Waals surface area (Å²) in [6.45, 7) is 6.74. The normalized spacial score (nSPS) is 33.3. The van der Waals surface area contributed by atoms with Crippen LogP contribution in [0.25, 0.3) is 0 Å². The molecule has 2 aromatic carbocycles. The first-order valence-corrected chi connectivity index (χ1v) is 17.7. The van der Waals surface area contributed by atoms with E-state index in [9.17, 15) is 0 Å². The van der Waals surface area contributed by atoms with E-state index in [1.165, 1.54) is 0 Å². The highest BCUT2D eigenvalue weighted by molar-refractivity contribution is 14.1. The molecule has 2 aliphatic rings. The lowest BCUT2D eigenvalue weighted by molar-refractivity contribution is -0.265. The zero-order valence-electron chi connectivity index (χ0n) is 18.9. The SMILES string of the molecule is C[Si](C)(C)O[C@@]12C[C@H](CI)O[C@@H]1O[C@H](c1ccccc1)[C@@H](c1ccccc1)O[C@H](CI)C2. The summed E-state index contributed by atoms with van der Waals surface area (Å²) in [4.78, 5) is 0. The average Bonchev–Trinajstić information content (AvgIpc) is 3.09.